The molecule has 1 aromatic heterocycles. The number of rotatable bonds is 4. The number of piperidine rings is 1. The molecule has 0 aliphatic carbocycles. The second-order valence-corrected chi connectivity index (χ2v) is 5.01. The summed E-state index contributed by atoms with van der Waals surface area (Å²) in [5, 5.41) is 9.32. The molecule has 18 heavy (non-hydrogen) atoms. The zero-order valence-corrected chi connectivity index (χ0v) is 10.7. The van der Waals surface area contributed by atoms with Gasteiger partial charge < -0.3 is 5.11 Å². The minimum absolute atomic E-state index is 0.236. The van der Waals surface area contributed by atoms with Gasteiger partial charge in [0.1, 0.15) is 6.04 Å². The third-order valence-corrected chi connectivity index (χ3v) is 3.67. The van der Waals surface area contributed by atoms with E-state index in [9.17, 15) is 9.90 Å². The van der Waals surface area contributed by atoms with Crippen LogP contribution in [0.2, 0.25) is 0 Å². The minimum atomic E-state index is -0.691. The monoisotopic (exact) mass is 248 g/mol. The van der Waals surface area contributed by atoms with E-state index in [1.54, 1.807) is 6.20 Å². The van der Waals surface area contributed by atoms with Gasteiger partial charge in [-0.05, 0) is 37.4 Å². The maximum Gasteiger partial charge on any atom is 0.321 e. The third kappa shape index (κ3) is 3.07. The molecule has 0 bridgehead atoms. The van der Waals surface area contributed by atoms with Crippen molar-refractivity contribution >= 4 is 5.97 Å². The summed E-state index contributed by atoms with van der Waals surface area (Å²) in [6.07, 6.45) is 4.70. The van der Waals surface area contributed by atoms with Crippen molar-refractivity contribution in [1.82, 2.24) is 9.88 Å². The van der Waals surface area contributed by atoms with Crippen molar-refractivity contribution < 1.29 is 9.90 Å². The Labute approximate surface area is 108 Å². The van der Waals surface area contributed by atoms with Crippen molar-refractivity contribution in [3.05, 3.63) is 30.1 Å². The fourth-order valence-corrected chi connectivity index (χ4v) is 2.73. The van der Waals surface area contributed by atoms with E-state index in [0.29, 0.717) is 0 Å². The van der Waals surface area contributed by atoms with Crippen molar-refractivity contribution in [2.45, 2.75) is 32.2 Å². The average molecular weight is 248 g/mol. The average Bonchev–Trinajstić information content (AvgIpc) is 2.37. The molecule has 2 unspecified atom stereocenters. The Balaban J connectivity index is 1.96. The Morgan fingerprint density at radius 2 is 2.39 bits per heavy atom. The number of pyridine rings is 1. The number of carbonyl (C=O) groups is 1. The molecular formula is C14H20N2O2. The first kappa shape index (κ1) is 13.0. The van der Waals surface area contributed by atoms with Gasteiger partial charge in [0.2, 0.25) is 0 Å². The summed E-state index contributed by atoms with van der Waals surface area (Å²) in [5.74, 6) is -0.455. The van der Waals surface area contributed by atoms with Crippen LogP contribution in [0.3, 0.4) is 0 Å². The number of hydrogen-bond acceptors (Lipinski definition) is 3. The predicted octanol–water partition coefficient (Wildman–Crippen LogP) is 1.81. The summed E-state index contributed by atoms with van der Waals surface area (Å²) < 4.78 is 0. The topological polar surface area (TPSA) is 53.4 Å². The number of carboxylic acid groups (broad SMARTS) is 1. The number of carboxylic acids is 1. The lowest BCUT2D eigenvalue weighted by Crippen LogP contribution is -2.49. The summed E-state index contributed by atoms with van der Waals surface area (Å²) >= 11 is 0. The van der Waals surface area contributed by atoms with Crippen LogP contribution in [-0.4, -0.2) is 40.1 Å². The van der Waals surface area contributed by atoms with E-state index in [1.807, 2.05) is 25.1 Å². The zero-order valence-electron chi connectivity index (χ0n) is 10.7. The summed E-state index contributed by atoms with van der Waals surface area (Å²) in [4.78, 5) is 17.7. The van der Waals surface area contributed by atoms with Gasteiger partial charge in [-0.1, -0.05) is 13.0 Å². The molecule has 1 saturated heterocycles. The Kier molecular flexibility index (Phi) is 4.31. The molecule has 0 radical (unpaired) electrons. The lowest BCUT2D eigenvalue weighted by molar-refractivity contribution is -0.146. The van der Waals surface area contributed by atoms with Crippen LogP contribution in [0.5, 0.6) is 0 Å². The fraction of sp³-hybridized carbons (Fsp3) is 0.571. The molecule has 1 aliphatic heterocycles. The predicted molar refractivity (Wildman–Crippen MR) is 69.3 cm³/mol. The van der Waals surface area contributed by atoms with Crippen LogP contribution in [0, 0.1) is 5.92 Å². The van der Waals surface area contributed by atoms with Crippen LogP contribution in [-0.2, 0) is 11.2 Å². The Morgan fingerprint density at radius 3 is 3.06 bits per heavy atom. The van der Waals surface area contributed by atoms with Crippen molar-refractivity contribution in [1.29, 1.82) is 0 Å². The first-order valence-corrected chi connectivity index (χ1v) is 6.55. The summed E-state index contributed by atoms with van der Waals surface area (Å²) in [6, 6.07) is 5.52. The summed E-state index contributed by atoms with van der Waals surface area (Å²) in [5.41, 5.74) is 1.03. The molecule has 2 heterocycles. The molecule has 2 rings (SSSR count). The maximum absolute atomic E-state index is 11.3. The normalized spacial score (nSPS) is 24.9. The number of aromatic nitrogens is 1. The Morgan fingerprint density at radius 1 is 1.56 bits per heavy atom. The molecule has 1 aliphatic rings. The van der Waals surface area contributed by atoms with Crippen molar-refractivity contribution in [3.8, 4) is 0 Å². The quantitative estimate of drug-likeness (QED) is 0.883. The maximum atomic E-state index is 11.3. The summed E-state index contributed by atoms with van der Waals surface area (Å²) in [7, 11) is 0. The summed E-state index contributed by atoms with van der Waals surface area (Å²) in [6.45, 7) is 3.69. The van der Waals surface area contributed by atoms with Gasteiger partial charge in [-0.2, -0.15) is 0 Å². The first-order valence-electron chi connectivity index (χ1n) is 6.55. The van der Waals surface area contributed by atoms with Gasteiger partial charge in [0, 0.05) is 24.9 Å². The van der Waals surface area contributed by atoms with Gasteiger partial charge >= 0.3 is 5.97 Å². The molecular weight excluding hydrogens is 228 g/mol. The van der Waals surface area contributed by atoms with Gasteiger partial charge in [-0.25, -0.2) is 0 Å². The largest absolute Gasteiger partial charge is 0.480 e. The molecule has 0 amide bonds. The van der Waals surface area contributed by atoms with Crippen LogP contribution in [0.15, 0.2) is 24.4 Å². The van der Waals surface area contributed by atoms with Crippen molar-refractivity contribution in [2.75, 3.05) is 13.1 Å². The highest BCUT2D eigenvalue weighted by atomic mass is 16.4. The van der Waals surface area contributed by atoms with Gasteiger partial charge in [0.05, 0.1) is 0 Å². The van der Waals surface area contributed by atoms with E-state index in [0.717, 1.165) is 38.0 Å². The standard InChI is InChI=1S/C14H20N2O2/c1-11-5-4-9-16(13(11)14(17)18)10-7-12-6-2-3-8-15-12/h2-3,6,8,11,13H,4-5,7,9-10H2,1H3,(H,17,18). The SMILES string of the molecule is CC1CCCN(CCc2ccccn2)C1C(=O)O. The minimum Gasteiger partial charge on any atom is -0.480 e. The number of hydrogen-bond donors (Lipinski definition) is 1. The van der Waals surface area contributed by atoms with Crippen LogP contribution >= 0.6 is 0 Å². The highest BCUT2D eigenvalue weighted by Crippen LogP contribution is 2.23. The Bertz CT molecular complexity index is 394. The van der Waals surface area contributed by atoms with E-state index in [-0.39, 0.29) is 12.0 Å². The van der Waals surface area contributed by atoms with Crippen molar-refractivity contribution in [2.24, 2.45) is 5.92 Å². The highest BCUT2D eigenvalue weighted by molar-refractivity contribution is 5.74. The van der Waals surface area contributed by atoms with Gasteiger partial charge in [0.25, 0.3) is 0 Å². The molecule has 0 aromatic carbocycles. The number of nitrogens with zero attached hydrogens (tertiary/aromatic N) is 2. The third-order valence-electron chi connectivity index (χ3n) is 3.67. The van der Waals surface area contributed by atoms with Crippen molar-refractivity contribution in [3.63, 3.8) is 0 Å². The molecule has 0 spiro atoms. The molecule has 1 N–H and O–H groups in total. The highest BCUT2D eigenvalue weighted by Gasteiger charge is 2.33. The lowest BCUT2D eigenvalue weighted by Gasteiger charge is -2.37. The molecule has 2 atom stereocenters. The smallest absolute Gasteiger partial charge is 0.321 e. The Hall–Kier alpha value is -1.42. The van der Waals surface area contributed by atoms with E-state index < -0.39 is 5.97 Å². The lowest BCUT2D eigenvalue weighted by atomic mass is 9.90. The fourth-order valence-electron chi connectivity index (χ4n) is 2.73. The van der Waals surface area contributed by atoms with Gasteiger partial charge in [-0.3, -0.25) is 14.7 Å². The van der Waals surface area contributed by atoms with Gasteiger partial charge in [-0.15, -0.1) is 0 Å². The van der Waals surface area contributed by atoms with Gasteiger partial charge in [0.15, 0.2) is 0 Å². The van der Waals surface area contributed by atoms with E-state index >= 15 is 0 Å². The van der Waals surface area contributed by atoms with E-state index in [2.05, 4.69) is 9.88 Å². The van der Waals surface area contributed by atoms with Crippen LogP contribution in [0.1, 0.15) is 25.5 Å². The molecule has 1 aromatic rings. The molecule has 1 fully saturated rings. The second-order valence-electron chi connectivity index (χ2n) is 5.01. The molecule has 98 valence electrons. The molecule has 0 saturated carbocycles. The zero-order chi connectivity index (χ0) is 13.0. The number of aliphatic carboxylic acids is 1. The van der Waals surface area contributed by atoms with Crippen LogP contribution in [0.4, 0.5) is 0 Å². The van der Waals surface area contributed by atoms with E-state index in [1.165, 1.54) is 0 Å². The van der Waals surface area contributed by atoms with Crippen LogP contribution < -0.4 is 0 Å². The number of likely N-dealkylation sites (tertiary alicyclic amines) is 1. The molecule has 4 nitrogen and oxygen atoms in total. The van der Waals surface area contributed by atoms with E-state index in [4.69, 9.17) is 0 Å². The first-order chi connectivity index (χ1) is 8.68. The second kappa shape index (κ2) is 5.96. The van der Waals surface area contributed by atoms with Crippen LogP contribution in [0.25, 0.3) is 0 Å². The molecule has 4 heteroatoms.